The Morgan fingerprint density at radius 2 is 1.18 bits per heavy atom. The number of aliphatic hydroxyl groups is 1. The van der Waals surface area contributed by atoms with Gasteiger partial charge in [0.25, 0.3) is 0 Å². The Kier molecular flexibility index (Phi) is 14.4. The lowest BCUT2D eigenvalue weighted by Gasteiger charge is -2.39. The molecule has 1 N–H and O–H groups in total. The third kappa shape index (κ3) is 10.1. The second kappa shape index (κ2) is 16.0. The first-order valence-electron chi connectivity index (χ1n) is 12.4. The van der Waals surface area contributed by atoms with Gasteiger partial charge in [0.2, 0.25) is 0 Å². The number of hydrogen-bond donors (Lipinski definition) is 1. The Bertz CT molecular complexity index is 443. The van der Waals surface area contributed by atoms with Crippen molar-refractivity contribution < 1.29 is 5.11 Å². The molecule has 1 aromatic carbocycles. The van der Waals surface area contributed by atoms with E-state index in [1.807, 2.05) is 0 Å². The third-order valence-corrected chi connectivity index (χ3v) is 6.49. The highest BCUT2D eigenvalue weighted by Crippen LogP contribution is 2.40. The lowest BCUT2D eigenvalue weighted by Crippen LogP contribution is -2.37. The molecule has 0 aromatic heterocycles. The summed E-state index contributed by atoms with van der Waals surface area (Å²) in [5.74, 6) is 0. The summed E-state index contributed by atoms with van der Waals surface area (Å²) in [6.45, 7) is 6.83. The first kappa shape index (κ1) is 25.2. The van der Waals surface area contributed by atoms with Gasteiger partial charge in [0.05, 0.1) is 6.10 Å². The van der Waals surface area contributed by atoms with Crippen molar-refractivity contribution in [2.75, 3.05) is 0 Å². The maximum Gasteiger partial charge on any atom is 0.0599 e. The van der Waals surface area contributed by atoms with Crippen molar-refractivity contribution in [3.05, 3.63) is 35.9 Å². The summed E-state index contributed by atoms with van der Waals surface area (Å²) in [5.41, 5.74) is 1.47. The fraction of sp³-hybridized carbons (Fsp3) is 0.778. The standard InChI is InChI=1S/C27H48O/c1-4-7-10-11-12-16-21-26(28)27(22-17-8-5-2,23-18-9-6-3)24-25-19-14-13-15-20-25/h13-15,19-20,26,28H,4-12,16-18,21-24H2,1-3H3. The van der Waals surface area contributed by atoms with Crippen molar-refractivity contribution >= 4 is 0 Å². The highest BCUT2D eigenvalue weighted by Gasteiger charge is 2.36. The predicted molar refractivity (Wildman–Crippen MR) is 125 cm³/mol. The number of rotatable bonds is 18. The van der Waals surface area contributed by atoms with Crippen molar-refractivity contribution in [2.45, 2.75) is 130 Å². The van der Waals surface area contributed by atoms with Crippen molar-refractivity contribution in [2.24, 2.45) is 5.41 Å². The molecule has 0 spiro atoms. The fourth-order valence-electron chi connectivity index (χ4n) is 4.63. The molecule has 0 saturated heterocycles. The van der Waals surface area contributed by atoms with Crippen molar-refractivity contribution in [1.82, 2.24) is 0 Å². The Labute approximate surface area is 176 Å². The molecule has 0 aliphatic rings. The molecule has 0 fully saturated rings. The summed E-state index contributed by atoms with van der Waals surface area (Å²) in [5, 5.41) is 11.4. The van der Waals surface area contributed by atoms with Gasteiger partial charge in [-0.25, -0.2) is 0 Å². The Balaban J connectivity index is 2.80. The van der Waals surface area contributed by atoms with Crippen LogP contribution in [0.15, 0.2) is 30.3 Å². The van der Waals surface area contributed by atoms with Crippen LogP contribution in [0.3, 0.4) is 0 Å². The fourth-order valence-corrected chi connectivity index (χ4v) is 4.63. The van der Waals surface area contributed by atoms with Crippen LogP contribution in [0.1, 0.15) is 123 Å². The Hall–Kier alpha value is -0.820. The van der Waals surface area contributed by atoms with Gasteiger partial charge in [-0.05, 0) is 31.2 Å². The lowest BCUT2D eigenvalue weighted by molar-refractivity contribution is -0.000819. The number of hydrogen-bond acceptors (Lipinski definition) is 1. The van der Waals surface area contributed by atoms with E-state index in [2.05, 4.69) is 51.1 Å². The molecule has 162 valence electrons. The molecule has 1 atom stereocenters. The number of benzene rings is 1. The van der Waals surface area contributed by atoms with E-state index in [9.17, 15) is 5.11 Å². The van der Waals surface area contributed by atoms with E-state index in [1.165, 1.54) is 95.5 Å². The van der Waals surface area contributed by atoms with Gasteiger partial charge in [-0.2, -0.15) is 0 Å². The maximum absolute atomic E-state index is 11.4. The molecule has 0 bridgehead atoms. The molecule has 1 unspecified atom stereocenters. The van der Waals surface area contributed by atoms with Crippen LogP contribution in [-0.2, 0) is 6.42 Å². The molecule has 1 heteroatoms. The third-order valence-electron chi connectivity index (χ3n) is 6.49. The van der Waals surface area contributed by atoms with E-state index in [4.69, 9.17) is 0 Å². The SMILES string of the molecule is CCCCCCCCC(O)C(CCCCC)(CCCCC)Cc1ccccc1. The second-order valence-corrected chi connectivity index (χ2v) is 9.01. The topological polar surface area (TPSA) is 20.2 Å². The molecule has 0 aliphatic heterocycles. The van der Waals surface area contributed by atoms with Gasteiger partial charge >= 0.3 is 0 Å². The van der Waals surface area contributed by atoms with E-state index in [0.717, 1.165) is 12.8 Å². The summed E-state index contributed by atoms with van der Waals surface area (Å²) >= 11 is 0. The molecule has 0 heterocycles. The molecular weight excluding hydrogens is 340 g/mol. The summed E-state index contributed by atoms with van der Waals surface area (Å²) in [4.78, 5) is 0. The van der Waals surface area contributed by atoms with E-state index in [0.29, 0.717) is 0 Å². The molecular formula is C27H48O. The normalized spacial score (nSPS) is 13.0. The van der Waals surface area contributed by atoms with Crippen LogP contribution in [0.25, 0.3) is 0 Å². The van der Waals surface area contributed by atoms with Gasteiger partial charge in [0.1, 0.15) is 0 Å². The lowest BCUT2D eigenvalue weighted by atomic mass is 9.68. The van der Waals surface area contributed by atoms with Crippen molar-refractivity contribution in [3.8, 4) is 0 Å². The van der Waals surface area contributed by atoms with Crippen LogP contribution in [0, 0.1) is 5.41 Å². The minimum Gasteiger partial charge on any atom is -0.393 e. The maximum atomic E-state index is 11.4. The Morgan fingerprint density at radius 1 is 0.679 bits per heavy atom. The number of aliphatic hydroxyl groups excluding tert-OH is 1. The average Bonchev–Trinajstić information content (AvgIpc) is 2.71. The summed E-state index contributed by atoms with van der Waals surface area (Å²) in [6.07, 6.45) is 19.6. The molecule has 28 heavy (non-hydrogen) atoms. The van der Waals surface area contributed by atoms with E-state index in [-0.39, 0.29) is 11.5 Å². The highest BCUT2D eigenvalue weighted by atomic mass is 16.3. The smallest absolute Gasteiger partial charge is 0.0599 e. The van der Waals surface area contributed by atoms with E-state index < -0.39 is 0 Å². The first-order valence-corrected chi connectivity index (χ1v) is 12.4. The van der Waals surface area contributed by atoms with Crippen LogP contribution >= 0.6 is 0 Å². The second-order valence-electron chi connectivity index (χ2n) is 9.01. The van der Waals surface area contributed by atoms with Gasteiger partial charge < -0.3 is 5.11 Å². The molecule has 1 aromatic rings. The summed E-state index contributed by atoms with van der Waals surface area (Å²) < 4.78 is 0. The zero-order valence-corrected chi connectivity index (χ0v) is 19.2. The zero-order valence-electron chi connectivity index (χ0n) is 19.2. The van der Waals surface area contributed by atoms with E-state index >= 15 is 0 Å². The largest absolute Gasteiger partial charge is 0.393 e. The molecule has 1 rings (SSSR count). The summed E-state index contributed by atoms with van der Waals surface area (Å²) in [7, 11) is 0. The van der Waals surface area contributed by atoms with Gasteiger partial charge in [0, 0.05) is 5.41 Å². The number of unbranched alkanes of at least 4 members (excludes halogenated alkanes) is 9. The van der Waals surface area contributed by atoms with Crippen LogP contribution in [0.2, 0.25) is 0 Å². The van der Waals surface area contributed by atoms with Gasteiger partial charge in [-0.3, -0.25) is 0 Å². The minimum absolute atomic E-state index is 0.0646. The average molecular weight is 389 g/mol. The zero-order chi connectivity index (χ0) is 20.5. The van der Waals surface area contributed by atoms with Gasteiger partial charge in [-0.1, -0.05) is 128 Å². The van der Waals surface area contributed by atoms with Gasteiger partial charge in [-0.15, -0.1) is 0 Å². The van der Waals surface area contributed by atoms with Crippen LogP contribution < -0.4 is 0 Å². The monoisotopic (exact) mass is 388 g/mol. The van der Waals surface area contributed by atoms with Gasteiger partial charge in [0.15, 0.2) is 0 Å². The van der Waals surface area contributed by atoms with Crippen LogP contribution in [0.5, 0.6) is 0 Å². The molecule has 0 radical (unpaired) electrons. The van der Waals surface area contributed by atoms with Crippen molar-refractivity contribution in [3.63, 3.8) is 0 Å². The Morgan fingerprint density at radius 3 is 1.75 bits per heavy atom. The first-order chi connectivity index (χ1) is 13.7. The van der Waals surface area contributed by atoms with Crippen molar-refractivity contribution in [1.29, 1.82) is 0 Å². The quantitative estimate of drug-likeness (QED) is 0.250. The predicted octanol–water partition coefficient (Wildman–Crippen LogP) is 8.49. The molecule has 0 saturated carbocycles. The molecule has 0 aliphatic carbocycles. The molecule has 0 amide bonds. The minimum atomic E-state index is -0.160. The highest BCUT2D eigenvalue weighted by molar-refractivity contribution is 5.17. The molecule has 1 nitrogen and oxygen atoms in total. The summed E-state index contributed by atoms with van der Waals surface area (Å²) in [6, 6.07) is 10.9. The van der Waals surface area contributed by atoms with E-state index in [1.54, 1.807) is 0 Å². The van der Waals surface area contributed by atoms with Crippen LogP contribution in [0.4, 0.5) is 0 Å². The van der Waals surface area contributed by atoms with Crippen LogP contribution in [-0.4, -0.2) is 11.2 Å².